The maximum atomic E-state index is 12.8. The van der Waals surface area contributed by atoms with Crippen LogP contribution in [0.1, 0.15) is 0 Å². The molecule has 8 heteroatoms. The van der Waals surface area contributed by atoms with Gasteiger partial charge in [-0.2, -0.15) is 0 Å². The molecular weight excluding hydrogens is 376 g/mol. The largest absolute Gasteiger partial charge is 0.343 e. The molecule has 130 valence electrons. The Labute approximate surface area is 152 Å². The monoisotopic (exact) mass is 386 g/mol. The lowest BCUT2D eigenvalue weighted by Crippen LogP contribution is -2.39. The van der Waals surface area contributed by atoms with Gasteiger partial charge >= 0.3 is 5.69 Å². The van der Waals surface area contributed by atoms with E-state index in [2.05, 4.69) is 4.98 Å². The molecule has 0 bridgehead atoms. The Morgan fingerprint density at radius 1 is 0.885 bits per heavy atom. The summed E-state index contributed by atoms with van der Waals surface area (Å²) in [5.74, 6) is 0. The summed E-state index contributed by atoms with van der Waals surface area (Å²) in [6.07, 6.45) is 0. The number of aromatic nitrogens is 2. The minimum absolute atomic E-state index is 0.112. The van der Waals surface area contributed by atoms with Gasteiger partial charge in [-0.3, -0.25) is 4.79 Å². The van der Waals surface area contributed by atoms with Gasteiger partial charge in [-0.25, -0.2) is 13.2 Å². The Kier molecular flexibility index (Phi) is 3.71. The molecule has 0 aliphatic rings. The number of hydrogen-bond acceptors (Lipinski definition) is 4. The van der Waals surface area contributed by atoms with Crippen LogP contribution in [-0.2, 0) is 10.0 Å². The smallest absolute Gasteiger partial charge is 0.306 e. The average Bonchev–Trinajstić information content (AvgIpc) is 2.60. The maximum Gasteiger partial charge on any atom is 0.343 e. The third-order valence-corrected chi connectivity index (χ3v) is 6.01. The number of aromatic amines is 1. The predicted octanol–water partition coefficient (Wildman–Crippen LogP) is 2.73. The standard InChI is InChI=1S/C18H11ClN2O4S/c19-13-5-7-14(8-6-13)26(24,25)21-17(22)15-9-11-3-1-2-4-12(11)10-16(15)20-18(21)23/h1-10H,(H,20,23). The molecule has 0 saturated heterocycles. The summed E-state index contributed by atoms with van der Waals surface area (Å²) in [7, 11) is -4.36. The maximum absolute atomic E-state index is 12.8. The fourth-order valence-corrected chi connectivity index (χ4v) is 4.22. The molecule has 1 aromatic heterocycles. The SMILES string of the molecule is O=c1[nH]c2cc3ccccc3cc2c(=O)n1S(=O)(=O)c1ccc(Cl)cc1. The normalized spacial score (nSPS) is 11.9. The summed E-state index contributed by atoms with van der Waals surface area (Å²) in [5, 5.41) is 2.05. The van der Waals surface area contributed by atoms with E-state index in [4.69, 9.17) is 11.6 Å². The second-order valence-corrected chi connectivity index (χ2v) is 7.93. The Morgan fingerprint density at radius 3 is 2.15 bits per heavy atom. The molecule has 0 radical (unpaired) electrons. The average molecular weight is 387 g/mol. The highest BCUT2D eigenvalue weighted by molar-refractivity contribution is 7.90. The number of nitrogens with zero attached hydrogens (tertiary/aromatic N) is 1. The molecular formula is C18H11ClN2O4S. The zero-order valence-corrected chi connectivity index (χ0v) is 14.7. The minimum Gasteiger partial charge on any atom is -0.306 e. The van der Waals surface area contributed by atoms with E-state index in [1.165, 1.54) is 24.3 Å². The van der Waals surface area contributed by atoms with E-state index in [0.717, 1.165) is 10.8 Å². The van der Waals surface area contributed by atoms with Crippen molar-refractivity contribution in [3.63, 3.8) is 0 Å². The van der Waals surface area contributed by atoms with Crippen molar-refractivity contribution < 1.29 is 8.42 Å². The lowest BCUT2D eigenvalue weighted by molar-refractivity contribution is 0.582. The van der Waals surface area contributed by atoms with Crippen LogP contribution < -0.4 is 11.2 Å². The van der Waals surface area contributed by atoms with Crippen LogP contribution in [0.4, 0.5) is 0 Å². The van der Waals surface area contributed by atoms with Crippen LogP contribution in [0, 0.1) is 0 Å². The summed E-state index contributed by atoms with van der Waals surface area (Å²) in [5.41, 5.74) is -1.64. The number of H-pyrrole nitrogens is 1. The van der Waals surface area contributed by atoms with E-state index in [0.29, 0.717) is 5.02 Å². The van der Waals surface area contributed by atoms with Crippen molar-refractivity contribution in [2.24, 2.45) is 0 Å². The summed E-state index contributed by atoms with van der Waals surface area (Å²) in [4.78, 5) is 27.5. The van der Waals surface area contributed by atoms with Gasteiger partial charge in [-0.05, 0) is 47.2 Å². The highest BCUT2D eigenvalue weighted by Crippen LogP contribution is 2.19. The van der Waals surface area contributed by atoms with Crippen molar-refractivity contribution in [3.05, 3.63) is 86.5 Å². The number of nitrogens with one attached hydrogen (secondary N) is 1. The van der Waals surface area contributed by atoms with Gasteiger partial charge in [0, 0.05) is 5.02 Å². The van der Waals surface area contributed by atoms with Gasteiger partial charge in [0.15, 0.2) is 0 Å². The van der Waals surface area contributed by atoms with Gasteiger partial charge < -0.3 is 4.98 Å². The second-order valence-electron chi connectivity index (χ2n) is 5.70. The summed E-state index contributed by atoms with van der Waals surface area (Å²) < 4.78 is 25.8. The number of benzene rings is 3. The molecule has 1 N–H and O–H groups in total. The topological polar surface area (TPSA) is 89.0 Å². The molecule has 26 heavy (non-hydrogen) atoms. The number of rotatable bonds is 2. The van der Waals surface area contributed by atoms with Crippen LogP contribution in [-0.4, -0.2) is 17.4 Å². The van der Waals surface area contributed by atoms with Gasteiger partial charge in [0.25, 0.3) is 15.6 Å². The predicted molar refractivity (Wildman–Crippen MR) is 100 cm³/mol. The summed E-state index contributed by atoms with van der Waals surface area (Å²) in [6.45, 7) is 0. The Morgan fingerprint density at radius 2 is 1.50 bits per heavy atom. The van der Waals surface area contributed by atoms with Crippen LogP contribution in [0.3, 0.4) is 0 Å². The zero-order valence-electron chi connectivity index (χ0n) is 13.1. The van der Waals surface area contributed by atoms with E-state index in [1.807, 2.05) is 18.2 Å². The van der Waals surface area contributed by atoms with Crippen molar-refractivity contribution in [2.45, 2.75) is 4.90 Å². The van der Waals surface area contributed by atoms with Crippen molar-refractivity contribution in [2.75, 3.05) is 0 Å². The lowest BCUT2D eigenvalue weighted by atomic mass is 10.1. The fourth-order valence-electron chi connectivity index (χ4n) is 2.82. The Hall–Kier alpha value is -2.90. The minimum atomic E-state index is -4.36. The highest BCUT2D eigenvalue weighted by atomic mass is 35.5. The van der Waals surface area contributed by atoms with Crippen LogP contribution in [0.15, 0.2) is 75.1 Å². The van der Waals surface area contributed by atoms with E-state index in [1.54, 1.807) is 18.2 Å². The molecule has 0 aliphatic carbocycles. The Bertz CT molecular complexity index is 1390. The zero-order chi connectivity index (χ0) is 18.5. The molecule has 0 amide bonds. The van der Waals surface area contributed by atoms with E-state index in [-0.39, 0.29) is 19.8 Å². The first-order valence-electron chi connectivity index (χ1n) is 7.57. The lowest BCUT2D eigenvalue weighted by Gasteiger charge is -2.09. The molecule has 0 aliphatic heterocycles. The first-order valence-corrected chi connectivity index (χ1v) is 9.39. The quantitative estimate of drug-likeness (QED) is 0.536. The first-order chi connectivity index (χ1) is 12.4. The first kappa shape index (κ1) is 16.6. The molecule has 4 rings (SSSR count). The fraction of sp³-hybridized carbons (Fsp3) is 0. The molecule has 0 saturated carbocycles. The van der Waals surface area contributed by atoms with Crippen LogP contribution >= 0.6 is 11.6 Å². The molecule has 4 aromatic rings. The van der Waals surface area contributed by atoms with Crippen molar-refractivity contribution >= 4 is 43.3 Å². The van der Waals surface area contributed by atoms with Gasteiger partial charge in [0.1, 0.15) is 0 Å². The number of halogens is 1. The van der Waals surface area contributed by atoms with Gasteiger partial charge in [-0.15, -0.1) is 3.97 Å². The molecule has 0 unspecified atom stereocenters. The van der Waals surface area contributed by atoms with Crippen molar-refractivity contribution in [1.82, 2.24) is 8.96 Å². The molecule has 1 heterocycles. The molecule has 3 aromatic carbocycles. The van der Waals surface area contributed by atoms with Gasteiger partial charge in [0.2, 0.25) is 0 Å². The number of fused-ring (bicyclic) bond motifs is 2. The molecule has 0 fully saturated rings. The van der Waals surface area contributed by atoms with Crippen molar-refractivity contribution in [1.29, 1.82) is 0 Å². The van der Waals surface area contributed by atoms with E-state index >= 15 is 0 Å². The molecule has 6 nitrogen and oxygen atoms in total. The third kappa shape index (κ3) is 2.53. The second kappa shape index (κ2) is 5.82. The van der Waals surface area contributed by atoms with Gasteiger partial charge in [0.05, 0.1) is 15.8 Å². The van der Waals surface area contributed by atoms with Crippen molar-refractivity contribution in [3.8, 4) is 0 Å². The van der Waals surface area contributed by atoms with Crippen LogP contribution in [0.25, 0.3) is 21.7 Å². The summed E-state index contributed by atoms with van der Waals surface area (Å²) >= 11 is 5.77. The third-order valence-electron chi connectivity index (χ3n) is 4.08. The van der Waals surface area contributed by atoms with Gasteiger partial charge in [-0.1, -0.05) is 35.9 Å². The highest BCUT2D eigenvalue weighted by Gasteiger charge is 2.23. The Balaban J connectivity index is 2.07. The van der Waals surface area contributed by atoms with Crippen LogP contribution in [0.5, 0.6) is 0 Å². The molecule has 0 spiro atoms. The summed E-state index contributed by atoms with van der Waals surface area (Å²) in [6, 6.07) is 15.7. The van der Waals surface area contributed by atoms with E-state index in [9.17, 15) is 18.0 Å². The molecule has 0 atom stereocenters. The number of hydrogen-bond donors (Lipinski definition) is 1. The van der Waals surface area contributed by atoms with Crippen LogP contribution in [0.2, 0.25) is 5.02 Å². The van der Waals surface area contributed by atoms with E-state index < -0.39 is 21.3 Å².